The van der Waals surface area contributed by atoms with Crippen LogP contribution in [0.4, 0.5) is 24.6 Å². The number of aromatic amines is 1. The van der Waals surface area contributed by atoms with Gasteiger partial charge in [-0.15, -0.1) is 0 Å². The van der Waals surface area contributed by atoms with Crippen LogP contribution in [0.25, 0.3) is 11.0 Å². The minimum absolute atomic E-state index is 0.914. The van der Waals surface area contributed by atoms with Crippen LogP contribution >= 0.6 is 0 Å². The lowest BCUT2D eigenvalue weighted by atomic mass is 10.3. The maximum absolute atomic E-state index is 10.5. The van der Waals surface area contributed by atoms with Crippen LogP contribution in [0.2, 0.25) is 0 Å². The molecule has 2 rings (SSSR count). The van der Waals surface area contributed by atoms with Gasteiger partial charge in [0.05, 0.1) is 0 Å². The molecule has 0 atom stereocenters. The number of para-hydroxylation sites is 2. The maximum Gasteiger partial charge on any atom is 0.711 e. The minimum atomic E-state index is -5.11. The van der Waals surface area contributed by atoms with E-state index >= 15 is 0 Å². The van der Waals surface area contributed by atoms with Crippen molar-refractivity contribution in [3.8, 4) is 0 Å². The fourth-order valence-corrected chi connectivity index (χ4v) is 0.786. The first-order valence-corrected chi connectivity index (χ1v) is 18.2. The topological polar surface area (TPSA) is 406 Å². The summed E-state index contributed by atoms with van der Waals surface area (Å²) >= 11 is 0. The van der Waals surface area contributed by atoms with Crippen LogP contribution < -0.4 is 0 Å². The molecule has 236 valence electrons. The number of nitrogens with zero attached hydrogens (tertiary/aromatic N) is 2. The summed E-state index contributed by atoms with van der Waals surface area (Å²) in [6.45, 7) is 0. The molecule has 39 heavy (non-hydrogen) atoms. The van der Waals surface area contributed by atoms with Crippen molar-refractivity contribution in [2.45, 2.75) is 0 Å². The number of nitrogens with one attached hydrogen (secondary N) is 1. The Morgan fingerprint density at radius 3 is 0.641 bits per heavy atom. The summed E-state index contributed by atoms with van der Waals surface area (Å²) in [4.78, 5) is 128. The maximum atomic E-state index is 10.5. The zero-order valence-corrected chi connectivity index (χ0v) is 24.0. The molecule has 0 bridgehead atoms. The first-order chi connectivity index (χ1) is 16.5. The van der Waals surface area contributed by atoms with E-state index in [1.807, 2.05) is 24.3 Å². The van der Waals surface area contributed by atoms with Gasteiger partial charge in [-0.3, -0.25) is 0 Å². The van der Waals surface area contributed by atoms with Gasteiger partial charge in [0.1, 0.15) is 11.0 Å². The molecule has 33 heteroatoms. The van der Waals surface area contributed by atoms with Crippen LogP contribution in [0.3, 0.4) is 0 Å². The lowest BCUT2D eigenvalue weighted by Crippen LogP contribution is -2.27. The van der Waals surface area contributed by atoms with E-state index in [2.05, 4.69) is 15.4 Å². The number of hydrogen-bond acceptors (Lipinski definition) is 20. The monoisotopic (exact) mass is 707 g/mol. The van der Waals surface area contributed by atoms with Crippen molar-refractivity contribution in [3.63, 3.8) is 0 Å². The Kier molecular flexibility index (Phi) is 25.2. The molecule has 0 radical (unpaired) electrons. The fraction of sp³-hybridized carbons (Fsp3) is 0. The van der Waals surface area contributed by atoms with E-state index < -0.39 is 54.8 Å². The number of fused-ring (bicyclic) bond motifs is 1. The van der Waals surface area contributed by atoms with Crippen LogP contribution in [0, 0.1) is 0 Å². The van der Waals surface area contributed by atoms with Crippen molar-refractivity contribution in [1.29, 1.82) is 0 Å². The Balaban J connectivity index is -0.000000118. The van der Waals surface area contributed by atoms with Crippen LogP contribution in [0.1, 0.15) is 0 Å². The van der Waals surface area contributed by atoms with Crippen LogP contribution in [-0.2, 0) is 0 Å². The highest BCUT2D eigenvalue weighted by molar-refractivity contribution is 6.49. The smallest absolute Gasteiger partial charge is 0.365 e. The molecule has 0 saturated carbocycles. The predicted molar refractivity (Wildman–Crippen MR) is 115 cm³/mol. The third-order valence-corrected chi connectivity index (χ3v) is 1.22. The highest BCUT2D eigenvalue weighted by Crippen LogP contribution is 2.03. The van der Waals surface area contributed by atoms with Gasteiger partial charge in [0.2, 0.25) is 0 Å². The molecule has 0 fully saturated rings. The molecule has 1 aromatic heterocycles. The molecule has 0 unspecified atom stereocenters. The van der Waals surface area contributed by atoms with E-state index in [-0.39, 0.29) is 0 Å². The van der Waals surface area contributed by atoms with Crippen LogP contribution in [0.5, 0.6) is 0 Å². The van der Waals surface area contributed by atoms with Gasteiger partial charge in [-0.05, 0) is 12.1 Å². The molecule has 0 aliphatic rings. The molecule has 0 aliphatic heterocycles. The van der Waals surface area contributed by atoms with Crippen molar-refractivity contribution in [2.75, 3.05) is 0 Å². The first kappa shape index (κ1) is 47.6. The molecular weight excluding hydrogens is 685 g/mol. The van der Waals surface area contributed by atoms with Gasteiger partial charge in [-0.25, -0.2) is 24.6 Å². The standard InChI is InChI=1S/C6H5N3.6FH3O3Si/c1-2-4-6-5(3-1)7-9-8-6;6*1-5(2,3)4/h1-4H,(H,7,8,9);6*2-4H. The van der Waals surface area contributed by atoms with E-state index in [1.165, 1.54) is 0 Å². The number of rotatable bonds is 0. The fourth-order valence-electron chi connectivity index (χ4n) is 0.786. The van der Waals surface area contributed by atoms with Crippen molar-refractivity contribution in [1.82, 2.24) is 15.4 Å². The molecule has 2 aromatic rings. The molecule has 0 saturated heterocycles. The van der Waals surface area contributed by atoms with Crippen LogP contribution in [-0.4, -0.2) is 157 Å². The van der Waals surface area contributed by atoms with E-state index in [0.29, 0.717) is 0 Å². The highest BCUT2D eigenvalue weighted by atomic mass is 28.4. The normalized spacial score (nSPS) is 11.6. The number of halogens is 6. The highest BCUT2D eigenvalue weighted by Gasteiger charge is 2.28. The van der Waals surface area contributed by atoms with E-state index in [4.69, 9.17) is 86.3 Å². The second-order valence-electron chi connectivity index (χ2n) is 5.13. The Bertz CT molecular complexity index is 678. The molecule has 0 aliphatic carbocycles. The van der Waals surface area contributed by atoms with E-state index in [1.54, 1.807) is 0 Å². The number of hydrogen-bond donors (Lipinski definition) is 19. The lowest BCUT2D eigenvalue weighted by Gasteiger charge is -1.88. The van der Waals surface area contributed by atoms with Crippen molar-refractivity contribution >= 4 is 65.9 Å². The van der Waals surface area contributed by atoms with Crippen molar-refractivity contribution < 1.29 is 111 Å². The van der Waals surface area contributed by atoms with E-state index in [9.17, 15) is 24.6 Å². The molecule has 0 spiro atoms. The zero-order chi connectivity index (χ0) is 33.1. The summed E-state index contributed by atoms with van der Waals surface area (Å²) in [7, 11) is -30.7. The second-order valence-corrected chi connectivity index (χ2v) is 11.8. The van der Waals surface area contributed by atoms with Gasteiger partial charge < -0.3 is 86.3 Å². The largest absolute Gasteiger partial charge is 0.711 e. The Morgan fingerprint density at radius 2 is 0.513 bits per heavy atom. The summed E-state index contributed by atoms with van der Waals surface area (Å²) < 4.78 is 63.0. The van der Waals surface area contributed by atoms with Crippen molar-refractivity contribution in [3.05, 3.63) is 24.3 Å². The van der Waals surface area contributed by atoms with Gasteiger partial charge in [0.25, 0.3) is 0 Å². The molecular formula is C6H23F6N3O18Si6. The van der Waals surface area contributed by atoms with E-state index in [0.717, 1.165) is 11.0 Å². The Hall–Kier alpha value is -1.22. The first-order valence-electron chi connectivity index (χ1n) is 7.88. The third-order valence-electron chi connectivity index (χ3n) is 1.22. The summed E-state index contributed by atoms with van der Waals surface area (Å²) in [5.41, 5.74) is 1.83. The number of H-pyrrole nitrogens is 1. The van der Waals surface area contributed by atoms with Gasteiger partial charge in [-0.2, -0.15) is 15.4 Å². The van der Waals surface area contributed by atoms with Gasteiger partial charge in [-0.1, -0.05) is 12.1 Å². The predicted octanol–water partition coefficient (Wildman–Crippen LogP) is -8.83. The second kappa shape index (κ2) is 20.6. The quantitative estimate of drug-likeness (QED) is 0.0686. The summed E-state index contributed by atoms with van der Waals surface area (Å²) in [5, 5.41) is 10.3. The SMILES string of the molecule is O[Si](O)(O)F.O[Si](O)(O)F.O[Si](O)(O)F.O[Si](O)(O)F.O[Si](O)(O)F.O[Si](O)(O)F.c1ccc2n[nH]nc2c1. The van der Waals surface area contributed by atoms with Gasteiger partial charge in [0, 0.05) is 0 Å². The van der Waals surface area contributed by atoms with Crippen molar-refractivity contribution in [2.24, 2.45) is 0 Å². The Morgan fingerprint density at radius 1 is 0.385 bits per heavy atom. The molecule has 19 N–H and O–H groups in total. The summed E-state index contributed by atoms with van der Waals surface area (Å²) in [5.74, 6) is 0. The third kappa shape index (κ3) is 179. The molecule has 1 aromatic carbocycles. The summed E-state index contributed by atoms with van der Waals surface area (Å²) in [6, 6.07) is 7.70. The zero-order valence-electron chi connectivity index (χ0n) is 18.0. The van der Waals surface area contributed by atoms with Crippen LogP contribution in [0.15, 0.2) is 24.3 Å². The van der Waals surface area contributed by atoms with Gasteiger partial charge >= 0.3 is 54.8 Å². The lowest BCUT2D eigenvalue weighted by molar-refractivity contribution is 0.162. The Labute approximate surface area is 217 Å². The number of aromatic nitrogens is 3. The minimum Gasteiger partial charge on any atom is -0.365 e. The molecule has 0 amide bonds. The average molecular weight is 708 g/mol. The average Bonchev–Trinajstić information content (AvgIpc) is 2.92. The summed E-state index contributed by atoms with van der Waals surface area (Å²) in [6.07, 6.45) is 0. The number of benzene rings is 1. The molecule has 1 heterocycles. The van der Waals surface area contributed by atoms with Gasteiger partial charge in [0.15, 0.2) is 0 Å². The molecule has 21 nitrogen and oxygen atoms in total.